The first-order valence-corrected chi connectivity index (χ1v) is 18.2. The van der Waals surface area contributed by atoms with E-state index >= 15 is 0 Å². The third-order valence-corrected chi connectivity index (χ3v) is 11.9. The normalized spacial score (nSPS) is 12.2. The van der Waals surface area contributed by atoms with Gasteiger partial charge in [0, 0.05) is 64.8 Å². The summed E-state index contributed by atoms with van der Waals surface area (Å²) in [6.07, 6.45) is 8.23. The Labute approximate surface area is 223 Å². The van der Waals surface area contributed by atoms with E-state index in [4.69, 9.17) is 26.6 Å². The van der Waals surface area contributed by atoms with Crippen LogP contribution >= 0.6 is 0 Å². The monoisotopic (exact) mass is 552 g/mol. The number of rotatable bonds is 26. The van der Waals surface area contributed by atoms with E-state index in [1.54, 1.807) is 0 Å². The minimum Gasteiger partial charge on any atom is -0.374 e. The minimum absolute atomic E-state index is 0.0825. The number of hydrogen-bond donors (Lipinski definition) is 2. The van der Waals surface area contributed by atoms with E-state index in [9.17, 15) is 4.79 Å². The molecule has 11 heteroatoms. The molecule has 0 aromatic rings. The van der Waals surface area contributed by atoms with E-state index in [-0.39, 0.29) is 6.03 Å². The lowest BCUT2D eigenvalue weighted by molar-refractivity contribution is 0.0698. The molecule has 0 saturated heterocycles. The number of carbonyl (C=O) groups is 1. The van der Waals surface area contributed by atoms with E-state index in [2.05, 4.69) is 10.6 Å². The van der Waals surface area contributed by atoms with Crippen LogP contribution in [0.25, 0.3) is 0 Å². The van der Waals surface area contributed by atoms with Crippen molar-refractivity contribution >= 4 is 23.6 Å². The molecular weight excluding hydrogens is 496 g/mol. The van der Waals surface area contributed by atoms with Crippen molar-refractivity contribution in [3.63, 3.8) is 0 Å². The number of carbonyl (C=O) groups excluding carboxylic acids is 1. The van der Waals surface area contributed by atoms with Crippen molar-refractivity contribution < 1.29 is 31.4 Å². The quantitative estimate of drug-likeness (QED) is 0.108. The lowest BCUT2D eigenvalue weighted by atomic mass is 10.2. The zero-order valence-electron chi connectivity index (χ0n) is 24.1. The van der Waals surface area contributed by atoms with Gasteiger partial charge in [0.2, 0.25) is 0 Å². The Morgan fingerprint density at radius 3 is 1.03 bits per heavy atom. The highest BCUT2D eigenvalue weighted by Gasteiger charge is 2.40. The fourth-order valence-corrected chi connectivity index (χ4v) is 9.48. The predicted octanol–water partition coefficient (Wildman–Crippen LogP) is 5.50. The number of amides is 2. The van der Waals surface area contributed by atoms with Gasteiger partial charge in [0.15, 0.2) is 0 Å². The van der Waals surface area contributed by atoms with Gasteiger partial charge in [-0.15, -0.1) is 0 Å². The Hall–Kier alpha value is -0.536. The molecule has 0 atom stereocenters. The second-order valence-corrected chi connectivity index (χ2v) is 13.9. The van der Waals surface area contributed by atoms with Crippen LogP contribution < -0.4 is 10.6 Å². The molecule has 0 heterocycles. The molecule has 0 aromatic carbocycles. The lowest BCUT2D eigenvalue weighted by Crippen LogP contribution is -2.45. The van der Waals surface area contributed by atoms with Gasteiger partial charge in [-0.3, -0.25) is 0 Å². The van der Waals surface area contributed by atoms with E-state index in [1.807, 2.05) is 41.5 Å². The van der Waals surface area contributed by atoms with Gasteiger partial charge in [-0.2, -0.15) is 0 Å². The summed E-state index contributed by atoms with van der Waals surface area (Å²) in [6, 6.07) is 1.62. The van der Waals surface area contributed by atoms with Crippen LogP contribution in [-0.2, 0) is 26.6 Å². The van der Waals surface area contributed by atoms with Crippen LogP contribution in [0.1, 0.15) is 92.9 Å². The van der Waals surface area contributed by atoms with E-state index in [1.165, 1.54) is 0 Å². The maximum Gasteiger partial charge on any atom is 0.500 e. The highest BCUT2D eigenvalue weighted by Crippen LogP contribution is 2.21. The van der Waals surface area contributed by atoms with Crippen LogP contribution in [0, 0.1) is 0 Å². The van der Waals surface area contributed by atoms with Crippen LogP contribution in [0.2, 0.25) is 12.1 Å². The van der Waals surface area contributed by atoms with Crippen LogP contribution in [0.4, 0.5) is 4.79 Å². The molecule has 0 spiro atoms. The molecule has 0 fully saturated rings. The molecule has 9 nitrogen and oxygen atoms in total. The smallest absolute Gasteiger partial charge is 0.374 e. The van der Waals surface area contributed by atoms with Crippen molar-refractivity contribution in [3.05, 3.63) is 0 Å². The number of unbranched alkanes of at least 4 members (excludes halogenated alkanes) is 6. The maximum atomic E-state index is 12.0. The molecular formula is C25H56N2O7Si2. The number of urea groups is 1. The predicted molar refractivity (Wildman–Crippen MR) is 149 cm³/mol. The van der Waals surface area contributed by atoms with Crippen LogP contribution in [0.15, 0.2) is 0 Å². The maximum absolute atomic E-state index is 12.0. The fourth-order valence-electron chi connectivity index (χ4n) is 4.11. The summed E-state index contributed by atoms with van der Waals surface area (Å²) >= 11 is 0. The van der Waals surface area contributed by atoms with Gasteiger partial charge in [-0.1, -0.05) is 25.7 Å². The minimum atomic E-state index is -2.53. The van der Waals surface area contributed by atoms with Crippen molar-refractivity contribution in [2.24, 2.45) is 0 Å². The second kappa shape index (κ2) is 23.6. The summed E-state index contributed by atoms with van der Waals surface area (Å²) in [4.78, 5) is 12.0. The zero-order valence-corrected chi connectivity index (χ0v) is 26.1. The van der Waals surface area contributed by atoms with Crippen LogP contribution in [-0.4, -0.2) is 76.4 Å². The molecule has 0 saturated carbocycles. The summed E-state index contributed by atoms with van der Waals surface area (Å²) in [6.45, 7) is 17.0. The van der Waals surface area contributed by atoms with E-state index in [0.29, 0.717) is 52.7 Å². The van der Waals surface area contributed by atoms with Gasteiger partial charge >= 0.3 is 23.6 Å². The Balaban J connectivity index is 3.87. The Kier molecular flexibility index (Phi) is 23.2. The third kappa shape index (κ3) is 17.1. The highest BCUT2D eigenvalue weighted by atomic mass is 28.4. The molecule has 2 amide bonds. The van der Waals surface area contributed by atoms with Gasteiger partial charge in [0.05, 0.1) is 0 Å². The first-order chi connectivity index (χ1) is 17.5. The molecule has 0 rings (SSSR count). The highest BCUT2D eigenvalue weighted by molar-refractivity contribution is 6.61. The molecule has 0 radical (unpaired) electrons. The molecule has 0 aliphatic rings. The van der Waals surface area contributed by atoms with Gasteiger partial charge in [-0.05, 0) is 67.2 Å². The van der Waals surface area contributed by atoms with Gasteiger partial charge in [0.25, 0.3) is 0 Å². The molecule has 216 valence electrons. The molecule has 0 bridgehead atoms. The molecule has 0 aliphatic carbocycles. The van der Waals surface area contributed by atoms with Crippen molar-refractivity contribution in [1.82, 2.24) is 10.6 Å². The first-order valence-electron chi connectivity index (χ1n) is 14.3. The van der Waals surface area contributed by atoms with Crippen molar-refractivity contribution in [3.8, 4) is 0 Å². The van der Waals surface area contributed by atoms with Crippen molar-refractivity contribution in [2.75, 3.05) is 52.7 Å². The fraction of sp³-hybridized carbons (Fsp3) is 0.960. The summed E-state index contributed by atoms with van der Waals surface area (Å²) in [7, 11) is -5.05. The Morgan fingerprint density at radius 2 is 0.750 bits per heavy atom. The summed E-state index contributed by atoms with van der Waals surface area (Å²) < 4.78 is 35.4. The summed E-state index contributed by atoms with van der Waals surface area (Å²) in [5.41, 5.74) is 0. The summed E-state index contributed by atoms with van der Waals surface area (Å²) in [5, 5.41) is 5.91. The largest absolute Gasteiger partial charge is 0.500 e. The summed E-state index contributed by atoms with van der Waals surface area (Å²) in [5.74, 6) is 0. The standard InChI is InChI=1S/C25H56N2O7Si2/c1-7-29-35(30-8-2,31-9-3)23-19-15-13-17-21-26-25(28)27-22-18-14-16-20-24-36(32-10-4,33-11-5)34-12-6/h7-24H2,1-6H3,(H2,26,27,28). The molecule has 0 unspecified atom stereocenters. The SMILES string of the molecule is CCO[Si](CCCCCCNC(=O)NCCCCCC[Si](OCC)(OCC)OCC)(OCC)OCC. The number of nitrogens with one attached hydrogen (secondary N) is 2. The lowest BCUT2D eigenvalue weighted by Gasteiger charge is -2.28. The molecule has 36 heavy (non-hydrogen) atoms. The zero-order chi connectivity index (χ0) is 27.0. The van der Waals surface area contributed by atoms with E-state index < -0.39 is 17.6 Å². The van der Waals surface area contributed by atoms with Crippen molar-refractivity contribution in [1.29, 1.82) is 0 Å². The van der Waals surface area contributed by atoms with Crippen LogP contribution in [0.3, 0.4) is 0 Å². The van der Waals surface area contributed by atoms with Crippen LogP contribution in [0.5, 0.6) is 0 Å². The first kappa shape index (κ1) is 35.5. The van der Waals surface area contributed by atoms with Gasteiger partial charge < -0.3 is 37.2 Å². The van der Waals surface area contributed by atoms with Gasteiger partial charge in [0.1, 0.15) is 0 Å². The topological polar surface area (TPSA) is 96.5 Å². The third-order valence-electron chi connectivity index (χ3n) is 5.58. The average molecular weight is 553 g/mol. The Morgan fingerprint density at radius 1 is 0.472 bits per heavy atom. The Bertz CT molecular complexity index is 443. The molecule has 2 N–H and O–H groups in total. The number of hydrogen-bond acceptors (Lipinski definition) is 7. The van der Waals surface area contributed by atoms with E-state index in [0.717, 1.165) is 63.5 Å². The second-order valence-electron chi connectivity index (χ2n) is 8.48. The van der Waals surface area contributed by atoms with Gasteiger partial charge in [-0.25, -0.2) is 4.79 Å². The molecule has 0 aromatic heterocycles. The van der Waals surface area contributed by atoms with Crippen molar-refractivity contribution in [2.45, 2.75) is 105 Å². The average Bonchev–Trinajstić information content (AvgIpc) is 2.84. The molecule has 0 aliphatic heterocycles.